The number of benzene rings is 10. The number of hydrogen-bond donors (Lipinski definition) is 0. The minimum Gasteiger partial charge on any atom is -0.309 e. The van der Waals surface area contributed by atoms with Crippen molar-refractivity contribution >= 4 is 38.6 Å². The summed E-state index contributed by atoms with van der Waals surface area (Å²) in [7, 11) is 0. The predicted octanol–water partition coefficient (Wildman–Crippen LogP) is 15.8. The van der Waals surface area contributed by atoms with E-state index in [-0.39, 0.29) is 0 Å². The van der Waals surface area contributed by atoms with Crippen molar-refractivity contribution in [2.24, 2.45) is 0 Å². The molecule has 268 valence electrons. The number of nitrogens with zero attached hydrogens (tertiary/aromatic N) is 1. The molecule has 10 rings (SSSR count). The second-order valence-electron chi connectivity index (χ2n) is 14.4. The van der Waals surface area contributed by atoms with E-state index in [1.165, 1.54) is 60.5 Å². The molecular weight excluding hydrogens is 687 g/mol. The largest absolute Gasteiger partial charge is 0.309 e. The van der Waals surface area contributed by atoms with Crippen molar-refractivity contribution < 1.29 is 0 Å². The van der Waals surface area contributed by atoms with Crippen molar-refractivity contribution in [1.29, 1.82) is 0 Å². The Morgan fingerprint density at radius 1 is 0.246 bits per heavy atom. The third-order valence-corrected chi connectivity index (χ3v) is 11.1. The third kappa shape index (κ3) is 6.36. The zero-order valence-corrected chi connectivity index (χ0v) is 31.5. The summed E-state index contributed by atoms with van der Waals surface area (Å²) in [4.78, 5) is 2.47. The monoisotopic (exact) mass is 725 g/mol. The molecule has 0 aliphatic carbocycles. The van der Waals surface area contributed by atoms with Gasteiger partial charge in [-0.25, -0.2) is 0 Å². The van der Waals surface area contributed by atoms with E-state index in [1.54, 1.807) is 0 Å². The van der Waals surface area contributed by atoms with Gasteiger partial charge in [0.2, 0.25) is 0 Å². The molecule has 10 aromatic carbocycles. The van der Waals surface area contributed by atoms with E-state index in [0.29, 0.717) is 0 Å². The Labute approximate surface area is 334 Å². The van der Waals surface area contributed by atoms with Crippen LogP contribution in [0, 0.1) is 0 Å². The number of para-hydroxylation sites is 1. The highest BCUT2D eigenvalue weighted by atomic mass is 15.1. The SMILES string of the molecule is c1ccc(-c2ccc(N(c3ccccc3)c3ccc(-c4cc5ccccc5c5ccccc45)c(-c4ccccc4)c3-c3ccccc3)c(-c3ccccc3)c2)cc1. The molecule has 1 heteroatoms. The molecule has 0 saturated carbocycles. The lowest BCUT2D eigenvalue weighted by Gasteiger charge is -2.32. The summed E-state index contributed by atoms with van der Waals surface area (Å²) in [5, 5.41) is 4.99. The molecule has 10 aromatic rings. The smallest absolute Gasteiger partial charge is 0.0546 e. The molecule has 0 aliphatic heterocycles. The lowest BCUT2D eigenvalue weighted by molar-refractivity contribution is 1.28. The standard InChI is InChI=1S/C56H39N/c1-6-20-40(21-7-1)44-34-36-53(51(38-44)41-22-8-2-9-23-41)57(46-29-14-5-15-30-46)54-37-35-50(52-39-45-28-16-17-31-47(45)48-32-18-19-33-49(48)52)55(42-24-10-3-11-25-42)56(54)43-26-12-4-13-27-43/h1-39H. The second-order valence-corrected chi connectivity index (χ2v) is 14.4. The highest BCUT2D eigenvalue weighted by Gasteiger charge is 2.26. The Morgan fingerprint density at radius 2 is 0.737 bits per heavy atom. The predicted molar refractivity (Wildman–Crippen MR) is 243 cm³/mol. The van der Waals surface area contributed by atoms with E-state index in [0.717, 1.165) is 33.8 Å². The van der Waals surface area contributed by atoms with E-state index in [2.05, 4.69) is 241 Å². The molecular formula is C56H39N. The summed E-state index contributed by atoms with van der Waals surface area (Å²) in [5.41, 5.74) is 15.1. The van der Waals surface area contributed by atoms with Crippen LogP contribution in [0.3, 0.4) is 0 Å². The molecule has 0 unspecified atom stereocenters. The minimum absolute atomic E-state index is 1.09. The van der Waals surface area contributed by atoms with E-state index < -0.39 is 0 Å². The van der Waals surface area contributed by atoms with E-state index in [9.17, 15) is 0 Å². The zero-order valence-electron chi connectivity index (χ0n) is 31.5. The van der Waals surface area contributed by atoms with Gasteiger partial charge in [0.05, 0.1) is 11.4 Å². The summed E-state index contributed by atoms with van der Waals surface area (Å²) in [5.74, 6) is 0. The Bertz CT molecular complexity index is 2970. The van der Waals surface area contributed by atoms with Gasteiger partial charge < -0.3 is 4.90 Å². The first-order valence-corrected chi connectivity index (χ1v) is 19.6. The second kappa shape index (κ2) is 15.0. The maximum atomic E-state index is 2.47. The van der Waals surface area contributed by atoms with Gasteiger partial charge in [-0.3, -0.25) is 0 Å². The van der Waals surface area contributed by atoms with Crippen molar-refractivity contribution in [3.63, 3.8) is 0 Å². The van der Waals surface area contributed by atoms with Crippen LogP contribution in [0.15, 0.2) is 237 Å². The number of anilines is 3. The zero-order chi connectivity index (χ0) is 38.0. The van der Waals surface area contributed by atoms with Crippen LogP contribution in [0.1, 0.15) is 0 Å². The summed E-state index contributed by atoms with van der Waals surface area (Å²) in [6, 6.07) is 85.8. The Kier molecular flexibility index (Phi) is 8.95. The lowest BCUT2D eigenvalue weighted by Crippen LogP contribution is -2.13. The number of fused-ring (bicyclic) bond motifs is 3. The maximum Gasteiger partial charge on any atom is 0.0546 e. The molecule has 0 atom stereocenters. The van der Waals surface area contributed by atoms with Crippen molar-refractivity contribution in [2.45, 2.75) is 0 Å². The molecule has 1 nitrogen and oxygen atoms in total. The van der Waals surface area contributed by atoms with Gasteiger partial charge >= 0.3 is 0 Å². The van der Waals surface area contributed by atoms with Crippen molar-refractivity contribution in [3.05, 3.63) is 237 Å². The van der Waals surface area contributed by atoms with Gasteiger partial charge in [-0.1, -0.05) is 200 Å². The van der Waals surface area contributed by atoms with Gasteiger partial charge in [0.15, 0.2) is 0 Å². The van der Waals surface area contributed by atoms with Crippen LogP contribution >= 0.6 is 0 Å². The van der Waals surface area contributed by atoms with Gasteiger partial charge in [-0.05, 0) is 102 Å². The normalized spacial score (nSPS) is 11.2. The molecule has 0 saturated heterocycles. The van der Waals surface area contributed by atoms with Crippen molar-refractivity contribution in [3.8, 4) is 55.6 Å². The fourth-order valence-electron chi connectivity index (χ4n) is 8.46. The van der Waals surface area contributed by atoms with Gasteiger partial charge in [-0.15, -0.1) is 0 Å². The van der Waals surface area contributed by atoms with E-state index in [1.807, 2.05) is 0 Å². The van der Waals surface area contributed by atoms with Crippen molar-refractivity contribution in [1.82, 2.24) is 0 Å². The van der Waals surface area contributed by atoms with E-state index in [4.69, 9.17) is 0 Å². The molecule has 0 radical (unpaired) electrons. The van der Waals surface area contributed by atoms with Crippen LogP contribution < -0.4 is 4.90 Å². The first-order chi connectivity index (χ1) is 28.3. The van der Waals surface area contributed by atoms with Crippen molar-refractivity contribution in [2.75, 3.05) is 4.90 Å². The van der Waals surface area contributed by atoms with Crippen LogP contribution in [0.2, 0.25) is 0 Å². The first kappa shape index (κ1) is 34.0. The topological polar surface area (TPSA) is 3.24 Å². The molecule has 0 heterocycles. The molecule has 0 aliphatic rings. The van der Waals surface area contributed by atoms with E-state index >= 15 is 0 Å². The first-order valence-electron chi connectivity index (χ1n) is 19.6. The lowest BCUT2D eigenvalue weighted by atomic mass is 9.83. The summed E-state index contributed by atoms with van der Waals surface area (Å²) in [6.07, 6.45) is 0. The van der Waals surface area contributed by atoms with Crippen LogP contribution in [-0.4, -0.2) is 0 Å². The van der Waals surface area contributed by atoms with Gasteiger partial charge in [-0.2, -0.15) is 0 Å². The third-order valence-electron chi connectivity index (χ3n) is 11.1. The van der Waals surface area contributed by atoms with Crippen LogP contribution in [0.5, 0.6) is 0 Å². The van der Waals surface area contributed by atoms with Crippen LogP contribution in [-0.2, 0) is 0 Å². The molecule has 57 heavy (non-hydrogen) atoms. The Hall–Kier alpha value is -7.48. The fraction of sp³-hybridized carbons (Fsp3) is 0. The Balaban J connectivity index is 1.33. The van der Waals surface area contributed by atoms with Gasteiger partial charge in [0.25, 0.3) is 0 Å². The number of rotatable bonds is 8. The number of hydrogen-bond acceptors (Lipinski definition) is 1. The molecule has 0 spiro atoms. The fourth-order valence-corrected chi connectivity index (χ4v) is 8.46. The molecule has 0 aromatic heterocycles. The highest BCUT2D eigenvalue weighted by molar-refractivity contribution is 6.16. The van der Waals surface area contributed by atoms with Crippen LogP contribution in [0.4, 0.5) is 17.1 Å². The average molecular weight is 726 g/mol. The quantitative estimate of drug-likeness (QED) is 0.141. The average Bonchev–Trinajstić information content (AvgIpc) is 3.30. The summed E-state index contributed by atoms with van der Waals surface area (Å²) in [6.45, 7) is 0. The Morgan fingerprint density at radius 3 is 1.39 bits per heavy atom. The molecule has 0 bridgehead atoms. The summed E-state index contributed by atoms with van der Waals surface area (Å²) >= 11 is 0. The molecule has 0 N–H and O–H groups in total. The molecule has 0 fully saturated rings. The maximum absolute atomic E-state index is 2.47. The van der Waals surface area contributed by atoms with Gasteiger partial charge in [0, 0.05) is 16.8 Å². The van der Waals surface area contributed by atoms with Crippen LogP contribution in [0.25, 0.3) is 77.2 Å². The van der Waals surface area contributed by atoms with Gasteiger partial charge in [0.1, 0.15) is 0 Å². The highest BCUT2D eigenvalue weighted by Crippen LogP contribution is 2.52. The molecule has 0 amide bonds. The summed E-state index contributed by atoms with van der Waals surface area (Å²) < 4.78 is 0. The minimum atomic E-state index is 1.09.